The van der Waals surface area contributed by atoms with Gasteiger partial charge in [-0.15, -0.1) is 0 Å². The molecule has 0 aromatic rings. The quantitative estimate of drug-likeness (QED) is 0.522. The third kappa shape index (κ3) is 2.89. The topological polar surface area (TPSA) is 41.5 Å². The summed E-state index contributed by atoms with van der Waals surface area (Å²) < 4.78 is 36.3. The summed E-state index contributed by atoms with van der Waals surface area (Å²) in [6, 6.07) is 0. The van der Waals surface area contributed by atoms with Gasteiger partial charge in [-0.2, -0.15) is 13.2 Å². The van der Waals surface area contributed by atoms with Crippen LogP contribution in [0.3, 0.4) is 0 Å². The second-order valence-electron chi connectivity index (χ2n) is 2.21. The lowest BCUT2D eigenvalue weighted by Crippen LogP contribution is -2.23. The molecule has 0 saturated carbocycles. The van der Waals surface area contributed by atoms with Gasteiger partial charge in [-0.3, -0.25) is 9.79 Å². The van der Waals surface area contributed by atoms with Crippen LogP contribution in [-0.4, -0.2) is 25.8 Å². The van der Waals surface area contributed by atoms with Gasteiger partial charge in [0.2, 0.25) is 5.91 Å². The maximum absolute atomic E-state index is 12.1. The number of hydrogen-bond acceptors (Lipinski definition) is 2. The number of carbonyl (C=O) groups excluding carboxylic acids is 1. The number of halogens is 3. The lowest BCUT2D eigenvalue weighted by Gasteiger charge is -2.09. The third-order valence-corrected chi connectivity index (χ3v) is 1.35. The summed E-state index contributed by atoms with van der Waals surface area (Å²) in [7, 11) is 1.24. The summed E-state index contributed by atoms with van der Waals surface area (Å²) in [6.45, 7) is 3.80. The molecule has 0 aliphatic carbocycles. The molecule has 0 aromatic heterocycles. The van der Waals surface area contributed by atoms with Crippen molar-refractivity contribution < 1.29 is 18.0 Å². The van der Waals surface area contributed by atoms with Gasteiger partial charge in [0.25, 0.3) is 0 Å². The van der Waals surface area contributed by atoms with Crippen LogP contribution >= 0.6 is 0 Å². The molecule has 0 fully saturated rings. The minimum absolute atomic E-state index is 0.495. The van der Waals surface area contributed by atoms with Crippen LogP contribution in [0.2, 0.25) is 0 Å². The van der Waals surface area contributed by atoms with E-state index in [0.29, 0.717) is 0 Å². The molecule has 0 rings (SSSR count). The SMILES string of the molecule is C=N/C(=C(/C)C(=O)NC)C(F)(F)F. The van der Waals surface area contributed by atoms with Crippen molar-refractivity contribution in [2.75, 3.05) is 7.05 Å². The molecule has 0 heterocycles. The Bertz CT molecular complexity index is 255. The van der Waals surface area contributed by atoms with Gasteiger partial charge >= 0.3 is 6.18 Å². The van der Waals surface area contributed by atoms with Crippen LogP contribution in [0.4, 0.5) is 13.2 Å². The normalized spacial score (nSPS) is 13.3. The fourth-order valence-corrected chi connectivity index (χ4v) is 0.716. The number of alkyl halides is 3. The molecule has 0 aliphatic heterocycles. The molecular formula is C7H9F3N2O. The highest BCUT2D eigenvalue weighted by Gasteiger charge is 2.36. The number of nitrogens with one attached hydrogen (secondary N) is 1. The number of aliphatic imine (C=N–C) groups is 1. The molecule has 13 heavy (non-hydrogen) atoms. The molecule has 0 aromatic carbocycles. The lowest BCUT2D eigenvalue weighted by molar-refractivity contribution is -0.119. The van der Waals surface area contributed by atoms with Crippen LogP contribution in [0, 0.1) is 0 Å². The standard InChI is InChI=1S/C7H9F3N2O/c1-4(6(13)12-3)5(11-2)7(8,9)10/h2H2,1,3H3,(H,12,13)/b5-4-. The molecular weight excluding hydrogens is 185 g/mol. The molecule has 0 unspecified atom stereocenters. The molecule has 6 heteroatoms. The van der Waals surface area contributed by atoms with Crippen LogP contribution in [-0.2, 0) is 4.79 Å². The third-order valence-electron chi connectivity index (χ3n) is 1.35. The van der Waals surface area contributed by atoms with Gasteiger partial charge in [-0.25, -0.2) is 0 Å². The first-order valence-corrected chi connectivity index (χ1v) is 3.31. The van der Waals surface area contributed by atoms with Crippen molar-refractivity contribution >= 4 is 12.6 Å². The van der Waals surface area contributed by atoms with Crippen LogP contribution in [0.5, 0.6) is 0 Å². The summed E-state index contributed by atoms with van der Waals surface area (Å²) in [5.74, 6) is -0.820. The van der Waals surface area contributed by atoms with Crippen LogP contribution < -0.4 is 5.32 Å². The van der Waals surface area contributed by atoms with E-state index in [4.69, 9.17) is 0 Å². The lowest BCUT2D eigenvalue weighted by atomic mass is 10.2. The Morgan fingerprint density at radius 1 is 1.46 bits per heavy atom. The van der Waals surface area contributed by atoms with Gasteiger partial charge in [0, 0.05) is 12.6 Å². The first-order chi connectivity index (χ1) is 5.84. The molecule has 74 valence electrons. The van der Waals surface area contributed by atoms with Gasteiger partial charge in [-0.1, -0.05) is 0 Å². The highest BCUT2D eigenvalue weighted by molar-refractivity contribution is 5.93. The summed E-state index contributed by atoms with van der Waals surface area (Å²) in [5, 5.41) is 2.07. The fourth-order valence-electron chi connectivity index (χ4n) is 0.716. The molecule has 0 radical (unpaired) electrons. The molecule has 0 saturated heterocycles. The zero-order valence-corrected chi connectivity index (χ0v) is 7.20. The fraction of sp³-hybridized carbons (Fsp3) is 0.429. The van der Waals surface area contributed by atoms with E-state index in [-0.39, 0.29) is 0 Å². The minimum Gasteiger partial charge on any atom is -0.355 e. The summed E-state index contributed by atoms with van der Waals surface area (Å²) in [6.07, 6.45) is -4.64. The predicted molar refractivity (Wildman–Crippen MR) is 42.4 cm³/mol. The van der Waals surface area contributed by atoms with Crippen molar-refractivity contribution in [3.05, 3.63) is 11.3 Å². The van der Waals surface area contributed by atoms with Gasteiger partial charge < -0.3 is 5.32 Å². The van der Waals surface area contributed by atoms with E-state index in [1.54, 1.807) is 0 Å². The smallest absolute Gasteiger partial charge is 0.355 e. The van der Waals surface area contributed by atoms with Crippen LogP contribution in [0.25, 0.3) is 0 Å². The number of amides is 1. The Labute approximate surface area is 73.3 Å². The van der Waals surface area contributed by atoms with E-state index in [9.17, 15) is 18.0 Å². The maximum Gasteiger partial charge on any atom is 0.433 e. The molecule has 0 bridgehead atoms. The Kier molecular flexibility index (Phi) is 3.65. The van der Waals surface area contributed by atoms with Crippen molar-refractivity contribution in [1.29, 1.82) is 0 Å². The number of rotatable bonds is 2. The van der Waals surface area contributed by atoms with Gasteiger partial charge in [0.15, 0.2) is 5.70 Å². The molecule has 1 N–H and O–H groups in total. The number of allylic oxidation sites excluding steroid dienone is 1. The second-order valence-corrected chi connectivity index (χ2v) is 2.21. The predicted octanol–water partition coefficient (Wildman–Crippen LogP) is 1.27. The van der Waals surface area contributed by atoms with Gasteiger partial charge in [0.1, 0.15) is 0 Å². The summed E-state index contributed by atoms with van der Waals surface area (Å²) in [5.41, 5.74) is -1.75. The van der Waals surface area contributed by atoms with Crippen LogP contribution in [0.15, 0.2) is 16.3 Å². The molecule has 0 spiro atoms. The summed E-state index contributed by atoms with van der Waals surface area (Å²) in [4.78, 5) is 13.6. The Hall–Kier alpha value is -1.33. The van der Waals surface area contributed by atoms with E-state index in [1.807, 2.05) is 0 Å². The summed E-state index contributed by atoms with van der Waals surface area (Å²) >= 11 is 0. The highest BCUT2D eigenvalue weighted by atomic mass is 19.4. The van der Waals surface area contributed by atoms with Crippen molar-refractivity contribution in [2.45, 2.75) is 13.1 Å². The molecule has 0 aliphatic rings. The van der Waals surface area contributed by atoms with Crippen molar-refractivity contribution in [3.8, 4) is 0 Å². The zero-order chi connectivity index (χ0) is 10.6. The first-order valence-electron chi connectivity index (χ1n) is 3.31. The first kappa shape index (κ1) is 11.7. The number of carbonyl (C=O) groups is 1. The minimum atomic E-state index is -4.64. The number of nitrogens with zero attached hydrogens (tertiary/aromatic N) is 1. The van der Waals surface area contributed by atoms with E-state index >= 15 is 0 Å². The van der Waals surface area contributed by atoms with Crippen molar-refractivity contribution in [1.82, 2.24) is 5.32 Å². The Morgan fingerprint density at radius 3 is 2.15 bits per heavy atom. The maximum atomic E-state index is 12.1. The van der Waals surface area contributed by atoms with Gasteiger partial charge in [0.05, 0.1) is 0 Å². The van der Waals surface area contributed by atoms with Crippen LogP contribution in [0.1, 0.15) is 6.92 Å². The zero-order valence-electron chi connectivity index (χ0n) is 7.20. The largest absolute Gasteiger partial charge is 0.433 e. The number of hydrogen-bond donors (Lipinski definition) is 1. The average molecular weight is 194 g/mol. The highest BCUT2D eigenvalue weighted by Crippen LogP contribution is 2.28. The Balaban J connectivity index is 5.14. The van der Waals surface area contributed by atoms with Gasteiger partial charge in [-0.05, 0) is 13.6 Å². The average Bonchev–Trinajstić information content (AvgIpc) is 2.01. The number of likely N-dealkylation sites (N-methyl/N-ethyl adjacent to an activating group) is 1. The second kappa shape index (κ2) is 4.06. The molecule has 3 nitrogen and oxygen atoms in total. The van der Waals surface area contributed by atoms with E-state index in [1.165, 1.54) is 7.05 Å². The Morgan fingerprint density at radius 2 is 1.92 bits per heavy atom. The van der Waals surface area contributed by atoms with Crippen molar-refractivity contribution in [2.24, 2.45) is 4.99 Å². The molecule has 1 amide bonds. The van der Waals surface area contributed by atoms with E-state index < -0.39 is 23.4 Å². The van der Waals surface area contributed by atoms with Crippen molar-refractivity contribution in [3.63, 3.8) is 0 Å². The monoisotopic (exact) mass is 194 g/mol. The molecule has 0 atom stereocenters. The van der Waals surface area contributed by atoms with E-state index in [2.05, 4.69) is 17.0 Å². The van der Waals surface area contributed by atoms with E-state index in [0.717, 1.165) is 6.92 Å².